The summed E-state index contributed by atoms with van der Waals surface area (Å²) < 4.78 is 7.48. The molecule has 5 nitrogen and oxygen atoms in total. The fourth-order valence-corrected chi connectivity index (χ4v) is 4.65. The molecule has 0 radical (unpaired) electrons. The van der Waals surface area contributed by atoms with Gasteiger partial charge in [-0.2, -0.15) is 5.10 Å². The normalized spacial score (nSPS) is 19.3. The van der Waals surface area contributed by atoms with Gasteiger partial charge >= 0.3 is 0 Å². The highest BCUT2D eigenvalue weighted by atomic mass is 16.5. The molecule has 1 fully saturated rings. The van der Waals surface area contributed by atoms with Gasteiger partial charge in [0.1, 0.15) is 5.75 Å². The van der Waals surface area contributed by atoms with Crippen molar-refractivity contribution in [3.63, 3.8) is 0 Å². The van der Waals surface area contributed by atoms with Gasteiger partial charge in [-0.25, -0.2) is 4.68 Å². The lowest BCUT2D eigenvalue weighted by atomic mass is 10.0. The third kappa shape index (κ3) is 3.68. The number of para-hydroxylation sites is 1. The lowest BCUT2D eigenvalue weighted by Gasteiger charge is -2.33. The molecular weight excluding hydrogens is 360 g/mol. The van der Waals surface area contributed by atoms with Gasteiger partial charge in [-0.1, -0.05) is 30.3 Å². The monoisotopic (exact) mass is 388 g/mol. The maximum atomic E-state index is 5.30. The zero-order chi connectivity index (χ0) is 19.6. The van der Waals surface area contributed by atoms with Crippen LogP contribution in [0.2, 0.25) is 0 Å². The molecule has 1 unspecified atom stereocenters. The van der Waals surface area contributed by atoms with E-state index in [1.807, 2.05) is 12.1 Å². The quantitative estimate of drug-likeness (QED) is 0.726. The minimum absolute atomic E-state index is 0.346. The zero-order valence-corrected chi connectivity index (χ0v) is 17.0. The predicted molar refractivity (Wildman–Crippen MR) is 115 cm³/mol. The van der Waals surface area contributed by atoms with Crippen molar-refractivity contribution in [2.45, 2.75) is 31.8 Å². The number of aromatic nitrogens is 2. The second-order valence-corrected chi connectivity index (χ2v) is 7.99. The molecule has 0 amide bonds. The van der Waals surface area contributed by atoms with E-state index in [-0.39, 0.29) is 0 Å². The molecule has 5 rings (SSSR count). The number of benzene rings is 2. The first-order chi connectivity index (χ1) is 14.3. The molecular formula is C24H28N4O. The van der Waals surface area contributed by atoms with Crippen LogP contribution in [0.3, 0.4) is 0 Å². The maximum Gasteiger partial charge on any atom is 0.118 e. The maximum absolute atomic E-state index is 5.30. The van der Waals surface area contributed by atoms with Crippen LogP contribution in [0, 0.1) is 0 Å². The average Bonchev–Trinajstić information content (AvgIpc) is 3.39. The van der Waals surface area contributed by atoms with Crippen molar-refractivity contribution in [1.82, 2.24) is 20.0 Å². The van der Waals surface area contributed by atoms with E-state index in [0.717, 1.165) is 44.8 Å². The standard InChI is InChI=1S/C24H28N4O/c1-29-20-12-10-18(11-13-20)22-16-27(15-14-25-22)17-23-21-8-5-9-24(21)28(26-23)19-6-3-2-4-7-19/h2-4,6-7,10-13,22,25H,5,8-9,14-17H2,1H3. The van der Waals surface area contributed by atoms with E-state index >= 15 is 0 Å². The topological polar surface area (TPSA) is 42.3 Å². The van der Waals surface area contributed by atoms with E-state index in [0.29, 0.717) is 6.04 Å². The fraction of sp³-hybridized carbons (Fsp3) is 0.375. The fourth-order valence-electron chi connectivity index (χ4n) is 4.65. The van der Waals surface area contributed by atoms with Crippen molar-refractivity contribution in [2.24, 2.45) is 0 Å². The number of fused-ring (bicyclic) bond motifs is 1. The number of ether oxygens (including phenoxy) is 1. The second-order valence-electron chi connectivity index (χ2n) is 7.99. The van der Waals surface area contributed by atoms with Crippen molar-refractivity contribution < 1.29 is 4.74 Å². The third-order valence-electron chi connectivity index (χ3n) is 6.17. The van der Waals surface area contributed by atoms with Crippen molar-refractivity contribution in [3.05, 3.63) is 77.1 Å². The molecule has 1 aliphatic heterocycles. The summed E-state index contributed by atoms with van der Waals surface area (Å²) in [5.74, 6) is 0.906. The predicted octanol–water partition coefficient (Wildman–Crippen LogP) is 3.52. The van der Waals surface area contributed by atoms with Crippen LogP contribution in [0.1, 0.15) is 35.0 Å². The molecule has 0 spiro atoms. The molecule has 0 bridgehead atoms. The Bertz CT molecular complexity index is 965. The van der Waals surface area contributed by atoms with Gasteiger partial charge in [-0.05, 0) is 54.7 Å². The number of nitrogens with zero attached hydrogens (tertiary/aromatic N) is 3. The number of rotatable bonds is 5. The zero-order valence-electron chi connectivity index (χ0n) is 17.0. The Morgan fingerprint density at radius 3 is 2.69 bits per heavy atom. The van der Waals surface area contributed by atoms with Gasteiger partial charge in [0.2, 0.25) is 0 Å². The van der Waals surface area contributed by atoms with Crippen molar-refractivity contribution in [1.29, 1.82) is 0 Å². The molecule has 1 atom stereocenters. The van der Waals surface area contributed by atoms with Crippen LogP contribution in [0.25, 0.3) is 5.69 Å². The van der Waals surface area contributed by atoms with Gasteiger partial charge in [-0.3, -0.25) is 4.90 Å². The highest BCUT2D eigenvalue weighted by molar-refractivity contribution is 5.40. The molecule has 2 aromatic carbocycles. The van der Waals surface area contributed by atoms with Crippen LogP contribution in [-0.2, 0) is 19.4 Å². The van der Waals surface area contributed by atoms with E-state index < -0.39 is 0 Å². The Kier molecular flexibility index (Phi) is 5.08. The summed E-state index contributed by atoms with van der Waals surface area (Å²) in [5, 5.41) is 8.72. The Balaban J connectivity index is 1.35. The van der Waals surface area contributed by atoms with E-state index in [9.17, 15) is 0 Å². The Morgan fingerprint density at radius 2 is 1.90 bits per heavy atom. The second kappa shape index (κ2) is 8.01. The lowest BCUT2D eigenvalue weighted by Crippen LogP contribution is -2.45. The van der Waals surface area contributed by atoms with Gasteiger partial charge < -0.3 is 10.1 Å². The van der Waals surface area contributed by atoms with E-state index in [2.05, 4.69) is 57.4 Å². The highest BCUT2D eigenvalue weighted by Gasteiger charge is 2.26. The third-order valence-corrected chi connectivity index (χ3v) is 6.17. The molecule has 150 valence electrons. The van der Waals surface area contributed by atoms with Crippen LogP contribution >= 0.6 is 0 Å². The highest BCUT2D eigenvalue weighted by Crippen LogP contribution is 2.29. The number of methoxy groups -OCH3 is 1. The smallest absolute Gasteiger partial charge is 0.118 e. The first-order valence-electron chi connectivity index (χ1n) is 10.6. The van der Waals surface area contributed by atoms with E-state index in [4.69, 9.17) is 9.84 Å². The first kappa shape index (κ1) is 18.4. The largest absolute Gasteiger partial charge is 0.497 e. The summed E-state index contributed by atoms with van der Waals surface area (Å²) >= 11 is 0. The summed E-state index contributed by atoms with van der Waals surface area (Å²) in [4.78, 5) is 2.54. The van der Waals surface area contributed by atoms with Crippen LogP contribution in [0.15, 0.2) is 54.6 Å². The van der Waals surface area contributed by atoms with Crippen LogP contribution < -0.4 is 10.1 Å². The van der Waals surface area contributed by atoms with E-state index in [1.54, 1.807) is 7.11 Å². The number of hydrogen-bond acceptors (Lipinski definition) is 4. The van der Waals surface area contributed by atoms with Crippen molar-refractivity contribution >= 4 is 0 Å². The van der Waals surface area contributed by atoms with Gasteiger partial charge in [0.05, 0.1) is 18.5 Å². The molecule has 1 aromatic heterocycles. The molecule has 29 heavy (non-hydrogen) atoms. The molecule has 5 heteroatoms. The molecule has 1 N–H and O–H groups in total. The molecule has 2 aliphatic rings. The summed E-state index contributed by atoms with van der Waals surface area (Å²) in [6, 6.07) is 19.3. The van der Waals surface area contributed by atoms with Gasteiger partial charge in [-0.15, -0.1) is 0 Å². The average molecular weight is 389 g/mol. The van der Waals surface area contributed by atoms with E-state index in [1.165, 1.54) is 34.6 Å². The van der Waals surface area contributed by atoms with Crippen molar-refractivity contribution in [2.75, 3.05) is 26.7 Å². The SMILES string of the molecule is COc1ccc(C2CN(Cc3nn(-c4ccccc4)c4c3CCC4)CCN2)cc1. The summed E-state index contributed by atoms with van der Waals surface area (Å²) in [7, 11) is 1.71. The summed E-state index contributed by atoms with van der Waals surface area (Å²) in [6.45, 7) is 3.98. The summed E-state index contributed by atoms with van der Waals surface area (Å²) in [6.07, 6.45) is 3.53. The number of piperazine rings is 1. The Labute approximate surface area is 172 Å². The van der Waals surface area contributed by atoms with Crippen LogP contribution in [0.5, 0.6) is 5.75 Å². The van der Waals surface area contributed by atoms with Crippen LogP contribution in [-0.4, -0.2) is 41.4 Å². The Hall–Kier alpha value is -2.63. The van der Waals surface area contributed by atoms with Crippen LogP contribution in [0.4, 0.5) is 0 Å². The molecule has 1 saturated heterocycles. The molecule has 1 aliphatic carbocycles. The van der Waals surface area contributed by atoms with Gasteiger partial charge in [0.25, 0.3) is 0 Å². The van der Waals surface area contributed by atoms with Gasteiger partial charge in [0.15, 0.2) is 0 Å². The summed E-state index contributed by atoms with van der Waals surface area (Å²) in [5.41, 5.74) is 6.64. The minimum atomic E-state index is 0.346. The number of nitrogens with one attached hydrogen (secondary N) is 1. The Morgan fingerprint density at radius 1 is 1.07 bits per heavy atom. The molecule has 0 saturated carbocycles. The molecule has 2 heterocycles. The molecule has 3 aromatic rings. The first-order valence-corrected chi connectivity index (χ1v) is 10.6. The lowest BCUT2D eigenvalue weighted by molar-refractivity contribution is 0.190. The number of hydrogen-bond donors (Lipinski definition) is 1. The van der Waals surface area contributed by atoms with Gasteiger partial charge in [0, 0.05) is 37.9 Å². The van der Waals surface area contributed by atoms with Crippen molar-refractivity contribution in [3.8, 4) is 11.4 Å². The minimum Gasteiger partial charge on any atom is -0.497 e.